The lowest BCUT2D eigenvalue weighted by atomic mass is 9.88. The van der Waals surface area contributed by atoms with Gasteiger partial charge in [-0.3, -0.25) is 9.59 Å². The van der Waals surface area contributed by atoms with Gasteiger partial charge in [-0.05, 0) is 85.2 Å². The van der Waals surface area contributed by atoms with Gasteiger partial charge in [-0.1, -0.05) is 38.1 Å². The van der Waals surface area contributed by atoms with Crippen LogP contribution in [0, 0.1) is 18.6 Å². The quantitative estimate of drug-likeness (QED) is 0.308. The molecule has 8 heteroatoms. The van der Waals surface area contributed by atoms with E-state index in [0.29, 0.717) is 37.2 Å². The second kappa shape index (κ2) is 13.8. The second-order valence-corrected chi connectivity index (χ2v) is 10.9. The Labute approximate surface area is 240 Å². The molecule has 3 atom stereocenters. The van der Waals surface area contributed by atoms with Gasteiger partial charge in [-0.25, -0.2) is 8.78 Å². The van der Waals surface area contributed by atoms with Crippen LogP contribution in [0.5, 0.6) is 0 Å². The minimum absolute atomic E-state index is 0.0137. The molecular weight excluding hydrogens is 524 g/mol. The van der Waals surface area contributed by atoms with E-state index in [1.54, 1.807) is 23.1 Å². The van der Waals surface area contributed by atoms with Crippen LogP contribution in [0.2, 0.25) is 0 Å². The summed E-state index contributed by atoms with van der Waals surface area (Å²) in [6.07, 6.45) is 1.14. The molecule has 1 aliphatic rings. The lowest BCUT2D eigenvalue weighted by Gasteiger charge is -2.34. The fourth-order valence-corrected chi connectivity index (χ4v) is 5.57. The number of carbonyl (C=O) groups excluding carboxylic acids is 2. The van der Waals surface area contributed by atoms with Crippen molar-refractivity contribution in [1.29, 1.82) is 0 Å². The molecule has 218 valence electrons. The molecule has 0 bridgehead atoms. The molecule has 4 rings (SSSR count). The maximum atomic E-state index is 14.0. The summed E-state index contributed by atoms with van der Waals surface area (Å²) < 4.78 is 28.1. The summed E-state index contributed by atoms with van der Waals surface area (Å²) in [4.78, 5) is 28.7. The molecule has 3 aromatic carbocycles. The number of nitrogens with one attached hydrogen (secondary N) is 2. The number of hydrogen-bond donors (Lipinski definition) is 3. The first-order chi connectivity index (χ1) is 19.7. The summed E-state index contributed by atoms with van der Waals surface area (Å²) in [5.74, 6) is -2.06. The predicted molar refractivity (Wildman–Crippen MR) is 156 cm³/mol. The number of hydrogen-bond acceptors (Lipinski definition) is 4. The molecule has 0 saturated carbocycles. The van der Waals surface area contributed by atoms with Gasteiger partial charge in [-0.2, -0.15) is 0 Å². The molecule has 0 unspecified atom stereocenters. The third-order valence-corrected chi connectivity index (χ3v) is 7.49. The largest absolute Gasteiger partial charge is 0.389 e. The van der Waals surface area contributed by atoms with Crippen LogP contribution in [-0.2, 0) is 19.4 Å². The molecule has 3 aromatic rings. The van der Waals surface area contributed by atoms with Crippen molar-refractivity contribution in [3.8, 4) is 0 Å². The van der Waals surface area contributed by atoms with Gasteiger partial charge in [-0.15, -0.1) is 0 Å². The Morgan fingerprint density at radius 3 is 2.27 bits per heavy atom. The Bertz CT molecular complexity index is 1350. The molecule has 6 nitrogen and oxygen atoms in total. The van der Waals surface area contributed by atoms with E-state index in [1.165, 1.54) is 12.1 Å². The Kier molecular flexibility index (Phi) is 10.2. The van der Waals surface area contributed by atoms with Crippen molar-refractivity contribution in [2.24, 2.45) is 0 Å². The third-order valence-electron chi connectivity index (χ3n) is 7.49. The number of carbonyl (C=O) groups is 2. The minimum Gasteiger partial charge on any atom is -0.389 e. The second-order valence-electron chi connectivity index (χ2n) is 10.9. The molecule has 0 aliphatic carbocycles. The van der Waals surface area contributed by atoms with Gasteiger partial charge in [0.1, 0.15) is 11.6 Å². The maximum absolute atomic E-state index is 14.0. The molecule has 0 saturated heterocycles. The van der Waals surface area contributed by atoms with Crippen molar-refractivity contribution in [2.75, 3.05) is 13.1 Å². The lowest BCUT2D eigenvalue weighted by molar-refractivity contribution is 0.0687. The Hall–Kier alpha value is -3.62. The normalized spacial score (nSPS) is 16.0. The van der Waals surface area contributed by atoms with E-state index in [2.05, 4.69) is 10.6 Å². The van der Waals surface area contributed by atoms with Gasteiger partial charge < -0.3 is 20.6 Å². The van der Waals surface area contributed by atoms with Crippen LogP contribution in [0.4, 0.5) is 8.78 Å². The highest BCUT2D eigenvalue weighted by Crippen LogP contribution is 2.22. The summed E-state index contributed by atoms with van der Waals surface area (Å²) in [6, 6.07) is 14.9. The van der Waals surface area contributed by atoms with Crippen LogP contribution in [0.15, 0.2) is 60.7 Å². The summed E-state index contributed by atoms with van der Waals surface area (Å²) in [6.45, 7) is 7.66. The number of halogens is 2. The Morgan fingerprint density at radius 1 is 0.976 bits per heavy atom. The van der Waals surface area contributed by atoms with Crippen molar-refractivity contribution in [3.05, 3.63) is 106 Å². The average Bonchev–Trinajstić information content (AvgIpc) is 2.94. The first kappa shape index (κ1) is 30.3. The van der Waals surface area contributed by atoms with Crippen LogP contribution in [-0.4, -0.2) is 53.1 Å². The van der Waals surface area contributed by atoms with Crippen molar-refractivity contribution < 1.29 is 23.5 Å². The number of benzene rings is 3. The molecule has 41 heavy (non-hydrogen) atoms. The topological polar surface area (TPSA) is 81.7 Å². The zero-order valence-corrected chi connectivity index (χ0v) is 23.9. The van der Waals surface area contributed by atoms with Gasteiger partial charge in [0.25, 0.3) is 11.8 Å². The van der Waals surface area contributed by atoms with Crippen molar-refractivity contribution in [2.45, 2.75) is 71.2 Å². The van der Waals surface area contributed by atoms with E-state index in [-0.39, 0.29) is 23.9 Å². The zero-order chi connectivity index (χ0) is 29.5. The number of amides is 2. The molecule has 0 radical (unpaired) electrons. The van der Waals surface area contributed by atoms with Gasteiger partial charge in [0.15, 0.2) is 0 Å². The van der Waals surface area contributed by atoms with Gasteiger partial charge in [0, 0.05) is 42.9 Å². The Balaban J connectivity index is 1.60. The van der Waals surface area contributed by atoms with E-state index < -0.39 is 29.7 Å². The molecule has 3 N–H and O–H groups in total. The molecule has 0 spiro atoms. The maximum Gasteiger partial charge on any atom is 0.253 e. The fraction of sp³-hybridized carbons (Fsp3) is 0.394. The van der Waals surface area contributed by atoms with Gasteiger partial charge in [0.05, 0.1) is 12.1 Å². The summed E-state index contributed by atoms with van der Waals surface area (Å²) >= 11 is 0. The molecule has 1 aliphatic heterocycles. The summed E-state index contributed by atoms with van der Waals surface area (Å²) in [7, 11) is 0. The fourth-order valence-electron chi connectivity index (χ4n) is 5.57. The van der Waals surface area contributed by atoms with Crippen LogP contribution in [0.1, 0.15) is 69.7 Å². The average molecular weight is 564 g/mol. The smallest absolute Gasteiger partial charge is 0.253 e. The highest BCUT2D eigenvalue weighted by atomic mass is 19.1. The first-order valence-electron chi connectivity index (χ1n) is 14.3. The number of aliphatic hydroxyl groups excluding tert-OH is 1. The SMILES string of the molecule is CCCN(CCC)C(=O)c1cc(C)cc(C(=O)N[C@@H](Cc2cc(F)cc(F)c2)[C@H](O)[C@H]2Cc3ccccc3CN2)c1. The molecule has 0 fully saturated rings. The number of aryl methyl sites for hydroxylation is 1. The molecule has 2 amide bonds. The first-order valence-corrected chi connectivity index (χ1v) is 14.3. The predicted octanol–water partition coefficient (Wildman–Crippen LogP) is 4.95. The molecular formula is C33H39F2N3O3. The van der Waals surface area contributed by atoms with Crippen LogP contribution in [0.25, 0.3) is 0 Å². The zero-order valence-electron chi connectivity index (χ0n) is 23.9. The van der Waals surface area contributed by atoms with Crippen molar-refractivity contribution >= 4 is 11.8 Å². The van der Waals surface area contributed by atoms with Crippen LogP contribution < -0.4 is 10.6 Å². The monoisotopic (exact) mass is 563 g/mol. The van der Waals surface area contributed by atoms with Crippen LogP contribution >= 0.6 is 0 Å². The van der Waals surface area contributed by atoms with Crippen LogP contribution in [0.3, 0.4) is 0 Å². The molecule has 1 heterocycles. The van der Waals surface area contributed by atoms with Crippen molar-refractivity contribution in [3.63, 3.8) is 0 Å². The van der Waals surface area contributed by atoms with Gasteiger partial charge >= 0.3 is 0 Å². The highest BCUT2D eigenvalue weighted by Gasteiger charge is 2.32. The molecule has 0 aromatic heterocycles. The van der Waals surface area contributed by atoms with E-state index in [4.69, 9.17) is 0 Å². The number of nitrogens with zero attached hydrogens (tertiary/aromatic N) is 1. The highest BCUT2D eigenvalue weighted by molar-refractivity contribution is 6.00. The van der Waals surface area contributed by atoms with E-state index >= 15 is 0 Å². The number of rotatable bonds is 11. The van der Waals surface area contributed by atoms with E-state index in [9.17, 15) is 23.5 Å². The van der Waals surface area contributed by atoms with Crippen molar-refractivity contribution in [1.82, 2.24) is 15.5 Å². The summed E-state index contributed by atoms with van der Waals surface area (Å²) in [5.41, 5.74) is 4.02. The van der Waals surface area contributed by atoms with E-state index in [0.717, 1.165) is 35.6 Å². The summed E-state index contributed by atoms with van der Waals surface area (Å²) in [5, 5.41) is 17.8. The Morgan fingerprint density at radius 2 is 1.61 bits per heavy atom. The number of fused-ring (bicyclic) bond motifs is 1. The van der Waals surface area contributed by atoms with Gasteiger partial charge in [0.2, 0.25) is 0 Å². The number of aliphatic hydroxyl groups is 1. The lowest BCUT2D eigenvalue weighted by Crippen LogP contribution is -2.55. The standard InChI is InChI=1S/C33H39F2N3O3/c1-4-10-38(11-5-2)33(41)26-13-21(3)12-25(17-26)32(40)37-30(16-22-14-27(34)19-28(35)15-22)31(39)29-18-23-8-6-7-9-24(23)20-36-29/h6-9,12-15,17,19,29-31,36,39H,4-5,10-11,16,18,20H2,1-3H3,(H,37,40)/t29-,30+,31-/m1/s1. The third kappa shape index (κ3) is 7.77. The van der Waals surface area contributed by atoms with E-state index in [1.807, 2.05) is 45.0 Å². The minimum atomic E-state index is -1.06.